The molecule has 1 aliphatic rings. The molecule has 0 amide bonds. The summed E-state index contributed by atoms with van der Waals surface area (Å²) in [6, 6.07) is 10.2. The van der Waals surface area contributed by atoms with Gasteiger partial charge in [-0.05, 0) is 49.8 Å². The Labute approximate surface area is 114 Å². The zero-order valence-electron chi connectivity index (χ0n) is 11.5. The molecule has 1 aromatic carbocycles. The summed E-state index contributed by atoms with van der Waals surface area (Å²) < 4.78 is 5.54. The van der Waals surface area contributed by atoms with Gasteiger partial charge in [-0.3, -0.25) is 0 Å². The van der Waals surface area contributed by atoms with Gasteiger partial charge in [0.2, 0.25) is 0 Å². The lowest BCUT2D eigenvalue weighted by Gasteiger charge is -2.29. The quantitative estimate of drug-likeness (QED) is 0.890. The van der Waals surface area contributed by atoms with E-state index in [1.165, 1.54) is 24.8 Å². The van der Waals surface area contributed by atoms with Crippen molar-refractivity contribution in [2.45, 2.75) is 45.1 Å². The first-order valence-electron chi connectivity index (χ1n) is 7.00. The third-order valence-corrected chi connectivity index (χ3v) is 4.21. The number of furan rings is 1. The van der Waals surface area contributed by atoms with Gasteiger partial charge in [-0.15, -0.1) is 0 Å². The molecule has 2 aromatic rings. The second-order valence-electron chi connectivity index (χ2n) is 5.53. The van der Waals surface area contributed by atoms with E-state index in [1.807, 2.05) is 32.0 Å². The van der Waals surface area contributed by atoms with Crippen LogP contribution >= 0.6 is 0 Å². The second-order valence-corrected chi connectivity index (χ2v) is 5.53. The lowest BCUT2D eigenvalue weighted by molar-refractivity contribution is 0.214. The molecule has 0 aliphatic heterocycles. The second kappa shape index (κ2) is 4.86. The Morgan fingerprint density at radius 3 is 2.47 bits per heavy atom. The van der Waals surface area contributed by atoms with Gasteiger partial charge in [-0.25, -0.2) is 0 Å². The fraction of sp³-hybridized carbons (Fsp3) is 0.412. The van der Waals surface area contributed by atoms with Crippen LogP contribution in [0.25, 0.3) is 0 Å². The Balaban J connectivity index is 1.99. The van der Waals surface area contributed by atoms with E-state index in [4.69, 9.17) is 4.42 Å². The summed E-state index contributed by atoms with van der Waals surface area (Å²) in [5.41, 5.74) is 3.24. The highest BCUT2D eigenvalue weighted by atomic mass is 16.3. The van der Waals surface area contributed by atoms with E-state index >= 15 is 0 Å². The first-order chi connectivity index (χ1) is 9.16. The van der Waals surface area contributed by atoms with Gasteiger partial charge in [0.05, 0.1) is 0 Å². The van der Waals surface area contributed by atoms with E-state index in [-0.39, 0.29) is 0 Å². The Bertz CT molecular complexity index is 579. The number of benzene rings is 1. The summed E-state index contributed by atoms with van der Waals surface area (Å²) in [5.74, 6) is 2.29. The maximum atomic E-state index is 10.7. The number of aliphatic hydroxyl groups excluding tert-OH is 1. The molecule has 2 heteroatoms. The van der Waals surface area contributed by atoms with Crippen molar-refractivity contribution in [3.8, 4) is 0 Å². The lowest BCUT2D eigenvalue weighted by Crippen LogP contribution is -2.13. The minimum Gasteiger partial charge on any atom is -0.466 e. The molecule has 1 N–H and O–H groups in total. The van der Waals surface area contributed by atoms with Crippen LogP contribution in [0.5, 0.6) is 0 Å². The van der Waals surface area contributed by atoms with Crippen molar-refractivity contribution in [3.05, 3.63) is 58.5 Å². The number of aryl methyl sites for hydroxylation is 2. The molecule has 1 aromatic heterocycles. The standard InChI is InChI=1S/C17H20O2/c1-11-10-16(12(2)19-11)17(18)15-9-4-3-8-14(15)13-6-5-7-13/h3-4,8-10,13,17-18H,5-7H2,1-2H3. The molecular weight excluding hydrogens is 236 g/mol. The number of aliphatic hydroxyl groups is 1. The minimum absolute atomic E-state index is 0.575. The van der Waals surface area contributed by atoms with E-state index in [0.717, 1.165) is 22.6 Å². The zero-order valence-corrected chi connectivity index (χ0v) is 11.5. The van der Waals surface area contributed by atoms with Crippen LogP contribution in [0.1, 0.15) is 59.5 Å². The monoisotopic (exact) mass is 256 g/mol. The molecular formula is C17H20O2. The van der Waals surface area contributed by atoms with Crippen LogP contribution in [-0.2, 0) is 0 Å². The highest BCUT2D eigenvalue weighted by Crippen LogP contribution is 2.41. The van der Waals surface area contributed by atoms with Crippen LogP contribution in [0.2, 0.25) is 0 Å². The van der Waals surface area contributed by atoms with Gasteiger partial charge >= 0.3 is 0 Å². The van der Waals surface area contributed by atoms with Gasteiger partial charge in [0.25, 0.3) is 0 Å². The fourth-order valence-corrected chi connectivity index (χ4v) is 2.94. The third kappa shape index (κ3) is 2.21. The van der Waals surface area contributed by atoms with Crippen molar-refractivity contribution in [2.24, 2.45) is 0 Å². The summed E-state index contributed by atoms with van der Waals surface area (Å²) in [7, 11) is 0. The SMILES string of the molecule is Cc1cc(C(O)c2ccccc2C2CCC2)c(C)o1. The van der Waals surface area contributed by atoms with Crippen molar-refractivity contribution in [1.82, 2.24) is 0 Å². The Hall–Kier alpha value is -1.54. The molecule has 3 rings (SSSR count). The molecule has 1 atom stereocenters. The van der Waals surface area contributed by atoms with Crippen molar-refractivity contribution in [2.75, 3.05) is 0 Å². The molecule has 0 spiro atoms. The molecule has 1 fully saturated rings. The smallest absolute Gasteiger partial charge is 0.108 e. The normalized spacial score (nSPS) is 17.2. The molecule has 2 nitrogen and oxygen atoms in total. The summed E-state index contributed by atoms with van der Waals surface area (Å²) in [4.78, 5) is 0. The van der Waals surface area contributed by atoms with Gasteiger partial charge < -0.3 is 9.52 Å². The Kier molecular flexibility index (Phi) is 3.19. The zero-order chi connectivity index (χ0) is 13.4. The predicted octanol–water partition coefficient (Wildman–Crippen LogP) is 4.25. The summed E-state index contributed by atoms with van der Waals surface area (Å²) >= 11 is 0. The van der Waals surface area contributed by atoms with Gasteiger partial charge in [0, 0.05) is 5.56 Å². The van der Waals surface area contributed by atoms with Crippen LogP contribution in [0.3, 0.4) is 0 Å². The molecule has 0 radical (unpaired) electrons. The number of hydrogen-bond donors (Lipinski definition) is 1. The maximum Gasteiger partial charge on any atom is 0.108 e. The van der Waals surface area contributed by atoms with Gasteiger partial charge in [0.1, 0.15) is 17.6 Å². The van der Waals surface area contributed by atoms with Crippen molar-refractivity contribution < 1.29 is 9.52 Å². The molecule has 100 valence electrons. The van der Waals surface area contributed by atoms with E-state index in [9.17, 15) is 5.11 Å². The summed E-state index contributed by atoms with van der Waals surface area (Å²) in [6.45, 7) is 3.83. The van der Waals surface area contributed by atoms with Crippen molar-refractivity contribution >= 4 is 0 Å². The summed E-state index contributed by atoms with van der Waals surface area (Å²) in [5, 5.41) is 10.7. The van der Waals surface area contributed by atoms with E-state index in [1.54, 1.807) is 0 Å². The molecule has 1 saturated carbocycles. The first-order valence-corrected chi connectivity index (χ1v) is 7.00. The highest BCUT2D eigenvalue weighted by Gasteiger charge is 2.26. The Morgan fingerprint density at radius 2 is 1.89 bits per heavy atom. The van der Waals surface area contributed by atoms with Gasteiger partial charge in [0.15, 0.2) is 0 Å². The molecule has 19 heavy (non-hydrogen) atoms. The molecule has 0 bridgehead atoms. The highest BCUT2D eigenvalue weighted by molar-refractivity contribution is 5.39. The topological polar surface area (TPSA) is 33.4 Å². The van der Waals surface area contributed by atoms with Gasteiger partial charge in [-0.1, -0.05) is 30.7 Å². The minimum atomic E-state index is -0.575. The molecule has 1 aliphatic carbocycles. The molecule has 1 heterocycles. The number of rotatable bonds is 3. The number of hydrogen-bond acceptors (Lipinski definition) is 2. The van der Waals surface area contributed by atoms with Gasteiger partial charge in [-0.2, -0.15) is 0 Å². The average molecular weight is 256 g/mol. The van der Waals surface area contributed by atoms with Crippen LogP contribution in [0.4, 0.5) is 0 Å². The van der Waals surface area contributed by atoms with Crippen LogP contribution in [-0.4, -0.2) is 5.11 Å². The molecule has 1 unspecified atom stereocenters. The van der Waals surface area contributed by atoms with E-state index < -0.39 is 6.10 Å². The largest absolute Gasteiger partial charge is 0.466 e. The first kappa shape index (κ1) is 12.5. The molecule has 0 saturated heterocycles. The maximum absolute atomic E-state index is 10.7. The van der Waals surface area contributed by atoms with Crippen LogP contribution < -0.4 is 0 Å². The van der Waals surface area contributed by atoms with Crippen LogP contribution in [0, 0.1) is 13.8 Å². The fourth-order valence-electron chi connectivity index (χ4n) is 2.94. The van der Waals surface area contributed by atoms with Crippen molar-refractivity contribution in [3.63, 3.8) is 0 Å². The lowest BCUT2D eigenvalue weighted by atomic mass is 9.77. The predicted molar refractivity (Wildman–Crippen MR) is 75.3 cm³/mol. The third-order valence-electron chi connectivity index (χ3n) is 4.21. The average Bonchev–Trinajstić information content (AvgIpc) is 2.66. The Morgan fingerprint density at radius 1 is 1.16 bits per heavy atom. The van der Waals surface area contributed by atoms with E-state index in [0.29, 0.717) is 5.92 Å². The van der Waals surface area contributed by atoms with Crippen LogP contribution in [0.15, 0.2) is 34.7 Å². The van der Waals surface area contributed by atoms with Crippen molar-refractivity contribution in [1.29, 1.82) is 0 Å². The van der Waals surface area contributed by atoms with E-state index in [2.05, 4.69) is 12.1 Å². The summed E-state index contributed by atoms with van der Waals surface area (Å²) in [6.07, 6.45) is 3.22.